The Morgan fingerprint density at radius 2 is 1.25 bits per heavy atom. The number of hydrogen-bond donors (Lipinski definition) is 0. The van der Waals surface area contributed by atoms with Gasteiger partial charge in [0.05, 0.1) is 0 Å². The monoisotopic (exact) mass is 374 g/mol. The molecule has 6 unspecified atom stereocenters. The van der Waals surface area contributed by atoms with Crippen molar-refractivity contribution in [3.63, 3.8) is 0 Å². The van der Waals surface area contributed by atoms with E-state index in [1.807, 2.05) is 6.07 Å². The Bertz CT molecular complexity index is 878. The third-order valence-corrected chi connectivity index (χ3v) is 9.08. The molecule has 0 spiro atoms. The van der Waals surface area contributed by atoms with Gasteiger partial charge in [0.15, 0.2) is 11.6 Å². The summed E-state index contributed by atoms with van der Waals surface area (Å²) in [5.74, 6) is 2.42. The van der Waals surface area contributed by atoms with E-state index in [0.717, 1.165) is 48.0 Å². The summed E-state index contributed by atoms with van der Waals surface area (Å²) in [6.07, 6.45) is 8.55. The molecule has 4 saturated carbocycles. The molecule has 1 aromatic rings. The molecule has 0 aliphatic heterocycles. The van der Waals surface area contributed by atoms with E-state index in [-0.39, 0.29) is 10.8 Å². The summed E-state index contributed by atoms with van der Waals surface area (Å²) >= 11 is 0. The summed E-state index contributed by atoms with van der Waals surface area (Å²) in [4.78, 5) is 25.9. The summed E-state index contributed by atoms with van der Waals surface area (Å²) in [6.45, 7) is 8.76. The average molecular weight is 375 g/mol. The Morgan fingerprint density at radius 3 is 1.61 bits per heavy atom. The molecule has 28 heavy (non-hydrogen) atoms. The molecule has 6 atom stereocenters. The van der Waals surface area contributed by atoms with Crippen LogP contribution in [-0.4, -0.2) is 11.6 Å². The first-order chi connectivity index (χ1) is 13.3. The third-order valence-electron chi connectivity index (χ3n) is 9.08. The highest BCUT2D eigenvalue weighted by molar-refractivity contribution is 6.08. The van der Waals surface area contributed by atoms with E-state index in [2.05, 4.69) is 58.0 Å². The molecule has 0 radical (unpaired) electrons. The first-order valence-corrected chi connectivity index (χ1v) is 10.9. The lowest BCUT2D eigenvalue weighted by molar-refractivity contribution is -0.124. The molecule has 4 aliphatic rings. The van der Waals surface area contributed by atoms with Crippen LogP contribution in [0.15, 0.2) is 35.4 Å². The lowest BCUT2D eigenvalue weighted by Gasteiger charge is -2.22. The standard InChI is InChI=1S/C26H30O2/c1-15-19-8-10-25(15,3)23(27)21(19)13-17-6-5-7-18(12-17)14-22-20-9-11-26(4,16(20)2)24(22)28/h5-7,12-16,19-20H,8-11H2,1-4H3. The Balaban J connectivity index is 1.48. The molecule has 2 nitrogen and oxygen atoms in total. The van der Waals surface area contributed by atoms with Crippen LogP contribution in [0, 0.1) is 34.5 Å². The van der Waals surface area contributed by atoms with Gasteiger partial charge in [0, 0.05) is 10.8 Å². The normalized spacial score (nSPS) is 44.4. The minimum atomic E-state index is -0.156. The molecule has 5 rings (SSSR count). The second-order valence-electron chi connectivity index (χ2n) is 10.2. The van der Waals surface area contributed by atoms with Gasteiger partial charge in [-0.25, -0.2) is 0 Å². The predicted octanol–water partition coefficient (Wildman–Crippen LogP) is 5.72. The largest absolute Gasteiger partial charge is 0.294 e. The van der Waals surface area contributed by atoms with Gasteiger partial charge in [-0.1, -0.05) is 45.9 Å². The number of rotatable bonds is 2. The fourth-order valence-electron chi connectivity index (χ4n) is 6.68. The summed E-state index contributed by atoms with van der Waals surface area (Å²) in [5, 5.41) is 0. The molecule has 146 valence electrons. The lowest BCUT2D eigenvalue weighted by Crippen LogP contribution is -2.25. The van der Waals surface area contributed by atoms with Crippen LogP contribution in [0.4, 0.5) is 0 Å². The van der Waals surface area contributed by atoms with Gasteiger partial charge in [-0.2, -0.15) is 0 Å². The van der Waals surface area contributed by atoms with Crippen molar-refractivity contribution in [3.8, 4) is 0 Å². The number of Topliss-reactive ketones (excluding diaryl/α,β-unsaturated/α-hetero) is 2. The van der Waals surface area contributed by atoms with Crippen LogP contribution in [0.2, 0.25) is 0 Å². The molecule has 0 aromatic heterocycles. The van der Waals surface area contributed by atoms with Gasteiger partial charge in [-0.3, -0.25) is 9.59 Å². The fraction of sp³-hybridized carbons (Fsp3) is 0.538. The quantitative estimate of drug-likeness (QED) is 0.620. The van der Waals surface area contributed by atoms with E-state index in [1.165, 1.54) is 0 Å². The van der Waals surface area contributed by atoms with Crippen LogP contribution in [0.3, 0.4) is 0 Å². The van der Waals surface area contributed by atoms with Crippen LogP contribution < -0.4 is 0 Å². The second kappa shape index (κ2) is 5.78. The molecule has 2 heteroatoms. The molecule has 4 aliphatic carbocycles. The van der Waals surface area contributed by atoms with Crippen LogP contribution in [0.5, 0.6) is 0 Å². The fourth-order valence-corrected chi connectivity index (χ4v) is 6.68. The Labute approximate surface area is 168 Å². The van der Waals surface area contributed by atoms with E-state index in [0.29, 0.717) is 35.2 Å². The van der Waals surface area contributed by atoms with Crippen LogP contribution in [-0.2, 0) is 9.59 Å². The zero-order chi connectivity index (χ0) is 19.8. The molecule has 4 fully saturated rings. The van der Waals surface area contributed by atoms with E-state index in [1.54, 1.807) is 0 Å². The van der Waals surface area contributed by atoms with E-state index < -0.39 is 0 Å². The average Bonchev–Trinajstić information content (AvgIpc) is 3.25. The molecular formula is C26H30O2. The van der Waals surface area contributed by atoms with E-state index in [4.69, 9.17) is 0 Å². The minimum absolute atomic E-state index is 0.156. The number of allylic oxidation sites excluding steroid dienone is 2. The van der Waals surface area contributed by atoms with Crippen molar-refractivity contribution in [2.75, 3.05) is 0 Å². The molecule has 4 bridgehead atoms. The predicted molar refractivity (Wildman–Crippen MR) is 112 cm³/mol. The maximum absolute atomic E-state index is 12.9. The molecule has 0 N–H and O–H groups in total. The summed E-state index contributed by atoms with van der Waals surface area (Å²) < 4.78 is 0. The highest BCUT2D eigenvalue weighted by Gasteiger charge is 2.57. The van der Waals surface area contributed by atoms with Gasteiger partial charge in [-0.05, 0) is 89.8 Å². The number of benzene rings is 1. The zero-order valence-electron chi connectivity index (χ0n) is 17.4. The highest BCUT2D eigenvalue weighted by atomic mass is 16.1. The zero-order valence-corrected chi connectivity index (χ0v) is 17.4. The maximum Gasteiger partial charge on any atom is 0.165 e. The van der Waals surface area contributed by atoms with Crippen LogP contribution >= 0.6 is 0 Å². The maximum atomic E-state index is 12.9. The number of hydrogen-bond acceptors (Lipinski definition) is 2. The van der Waals surface area contributed by atoms with Crippen LogP contribution in [0.25, 0.3) is 12.2 Å². The number of carbonyl (C=O) groups excluding carboxylic acids is 2. The van der Waals surface area contributed by atoms with Crippen molar-refractivity contribution in [2.24, 2.45) is 34.5 Å². The molecule has 1 aromatic carbocycles. The van der Waals surface area contributed by atoms with Crippen molar-refractivity contribution in [1.29, 1.82) is 0 Å². The van der Waals surface area contributed by atoms with Crippen LogP contribution in [0.1, 0.15) is 64.5 Å². The smallest absolute Gasteiger partial charge is 0.165 e. The number of carbonyl (C=O) groups is 2. The summed E-state index contributed by atoms with van der Waals surface area (Å²) in [7, 11) is 0. The van der Waals surface area contributed by atoms with Crippen molar-refractivity contribution < 1.29 is 9.59 Å². The molecular weight excluding hydrogens is 344 g/mol. The molecule has 0 saturated heterocycles. The second-order valence-corrected chi connectivity index (χ2v) is 10.2. The SMILES string of the molecule is CC1C2CCC1(C)C(=O)C2=Cc1cccc(C=C2C(=O)C3(C)CCC2C3C)c1. The van der Waals surface area contributed by atoms with Gasteiger partial charge in [-0.15, -0.1) is 0 Å². The first-order valence-electron chi connectivity index (χ1n) is 10.9. The summed E-state index contributed by atoms with van der Waals surface area (Å²) in [6, 6.07) is 8.34. The first kappa shape index (κ1) is 18.1. The van der Waals surface area contributed by atoms with Gasteiger partial charge in [0.1, 0.15) is 0 Å². The molecule has 0 amide bonds. The van der Waals surface area contributed by atoms with E-state index in [9.17, 15) is 9.59 Å². The number of fused-ring (bicyclic) bond motifs is 4. The van der Waals surface area contributed by atoms with Gasteiger partial charge >= 0.3 is 0 Å². The minimum Gasteiger partial charge on any atom is -0.294 e. The third kappa shape index (κ3) is 2.21. The van der Waals surface area contributed by atoms with Crippen molar-refractivity contribution >= 4 is 23.7 Å². The van der Waals surface area contributed by atoms with E-state index >= 15 is 0 Å². The molecule has 0 heterocycles. The van der Waals surface area contributed by atoms with Crippen molar-refractivity contribution in [2.45, 2.75) is 53.4 Å². The van der Waals surface area contributed by atoms with Gasteiger partial charge < -0.3 is 0 Å². The highest BCUT2D eigenvalue weighted by Crippen LogP contribution is 2.59. The van der Waals surface area contributed by atoms with Gasteiger partial charge in [0.25, 0.3) is 0 Å². The summed E-state index contributed by atoms with van der Waals surface area (Å²) in [5.41, 5.74) is 3.88. The van der Waals surface area contributed by atoms with Gasteiger partial charge in [0.2, 0.25) is 0 Å². The number of ketones is 2. The lowest BCUT2D eigenvalue weighted by atomic mass is 9.80. The topological polar surface area (TPSA) is 34.1 Å². The Hall–Kier alpha value is -1.96. The van der Waals surface area contributed by atoms with Crippen molar-refractivity contribution in [1.82, 2.24) is 0 Å². The van der Waals surface area contributed by atoms with Crippen molar-refractivity contribution in [3.05, 3.63) is 46.5 Å². The Kier molecular flexibility index (Phi) is 3.73. The Morgan fingerprint density at radius 1 is 0.821 bits per heavy atom.